The lowest BCUT2D eigenvalue weighted by atomic mass is 9.84. The molecule has 1 aliphatic heterocycles. The number of carbonyl (C=O) groups is 2. The first kappa shape index (κ1) is 16.9. The van der Waals surface area contributed by atoms with Gasteiger partial charge in [0.1, 0.15) is 0 Å². The Morgan fingerprint density at radius 3 is 2.60 bits per heavy atom. The van der Waals surface area contributed by atoms with Gasteiger partial charge in [-0.2, -0.15) is 0 Å². The predicted octanol–water partition coefficient (Wildman–Crippen LogP) is 0.700. The lowest BCUT2D eigenvalue weighted by Crippen LogP contribution is -2.49. The average Bonchev–Trinajstić information content (AvgIpc) is 2.33. The fourth-order valence-corrected chi connectivity index (χ4v) is 2.51. The van der Waals surface area contributed by atoms with Crippen molar-refractivity contribution in [1.29, 1.82) is 0 Å². The van der Waals surface area contributed by atoms with Gasteiger partial charge in [0.25, 0.3) is 0 Å². The van der Waals surface area contributed by atoms with E-state index in [9.17, 15) is 9.59 Å². The van der Waals surface area contributed by atoms with Crippen molar-refractivity contribution in [1.82, 2.24) is 4.90 Å². The van der Waals surface area contributed by atoms with E-state index in [2.05, 4.69) is 20.8 Å². The third-order valence-corrected chi connectivity index (χ3v) is 3.35. The zero-order valence-corrected chi connectivity index (χ0v) is 12.6. The number of morpholine rings is 1. The molecule has 2 unspecified atom stereocenters. The first-order chi connectivity index (χ1) is 9.23. The monoisotopic (exact) mass is 286 g/mol. The Bertz CT molecular complexity index is 352. The standard InChI is InChI=1S/C14H26N2O4/c1-14(2,3)7-10(8-15)13(19)16-4-5-20-11(9-16)6-12(17)18/h10-11H,4-9,15H2,1-3H3,(H,17,18). The van der Waals surface area contributed by atoms with Crippen molar-refractivity contribution in [2.24, 2.45) is 17.1 Å². The quantitative estimate of drug-likeness (QED) is 0.776. The molecule has 0 aliphatic carbocycles. The van der Waals surface area contributed by atoms with E-state index < -0.39 is 12.1 Å². The minimum Gasteiger partial charge on any atom is -0.481 e. The zero-order valence-electron chi connectivity index (χ0n) is 12.6. The second-order valence-electron chi connectivity index (χ2n) is 6.57. The fraction of sp³-hybridized carbons (Fsp3) is 0.857. The van der Waals surface area contributed by atoms with Crippen LogP contribution in [0, 0.1) is 11.3 Å². The summed E-state index contributed by atoms with van der Waals surface area (Å²) in [4.78, 5) is 24.9. The zero-order chi connectivity index (χ0) is 15.3. The number of ether oxygens (including phenoxy) is 1. The molecule has 2 atom stereocenters. The van der Waals surface area contributed by atoms with Gasteiger partial charge in [0.2, 0.25) is 5.91 Å². The number of hydrogen-bond donors (Lipinski definition) is 2. The topological polar surface area (TPSA) is 92.9 Å². The molecule has 6 heteroatoms. The normalized spacial score (nSPS) is 21.6. The molecule has 1 fully saturated rings. The molecular weight excluding hydrogens is 260 g/mol. The largest absolute Gasteiger partial charge is 0.481 e. The summed E-state index contributed by atoms with van der Waals surface area (Å²) in [7, 11) is 0. The van der Waals surface area contributed by atoms with Crippen molar-refractivity contribution in [2.75, 3.05) is 26.2 Å². The molecular formula is C14H26N2O4. The van der Waals surface area contributed by atoms with Crippen molar-refractivity contribution in [3.8, 4) is 0 Å². The summed E-state index contributed by atoms with van der Waals surface area (Å²) in [6.07, 6.45) is 0.234. The highest BCUT2D eigenvalue weighted by molar-refractivity contribution is 5.79. The molecule has 0 spiro atoms. The Balaban J connectivity index is 2.62. The Morgan fingerprint density at radius 1 is 1.45 bits per heavy atom. The van der Waals surface area contributed by atoms with Crippen LogP contribution in [0.15, 0.2) is 0 Å². The summed E-state index contributed by atoms with van der Waals surface area (Å²) in [5, 5.41) is 8.80. The van der Waals surface area contributed by atoms with Gasteiger partial charge in [-0.05, 0) is 11.8 Å². The lowest BCUT2D eigenvalue weighted by Gasteiger charge is -2.35. The van der Waals surface area contributed by atoms with Gasteiger partial charge in [-0.3, -0.25) is 9.59 Å². The molecule has 1 amide bonds. The number of carbonyl (C=O) groups excluding carboxylic acids is 1. The highest BCUT2D eigenvalue weighted by Gasteiger charge is 2.31. The Labute approximate surface area is 120 Å². The van der Waals surface area contributed by atoms with Crippen LogP contribution in [-0.2, 0) is 14.3 Å². The summed E-state index contributed by atoms with van der Waals surface area (Å²) < 4.78 is 5.38. The van der Waals surface area contributed by atoms with Crippen LogP contribution in [0.3, 0.4) is 0 Å². The van der Waals surface area contributed by atoms with Crippen molar-refractivity contribution in [3.05, 3.63) is 0 Å². The van der Waals surface area contributed by atoms with Gasteiger partial charge in [0, 0.05) is 19.6 Å². The molecule has 0 aromatic heterocycles. The number of carboxylic acid groups (broad SMARTS) is 1. The lowest BCUT2D eigenvalue weighted by molar-refractivity contribution is -0.150. The summed E-state index contributed by atoms with van der Waals surface area (Å²) in [5.41, 5.74) is 5.76. The highest BCUT2D eigenvalue weighted by atomic mass is 16.5. The molecule has 6 nitrogen and oxygen atoms in total. The molecule has 0 aromatic carbocycles. The van der Waals surface area contributed by atoms with Crippen LogP contribution < -0.4 is 5.73 Å². The summed E-state index contributed by atoms with van der Waals surface area (Å²) in [6, 6.07) is 0. The van der Waals surface area contributed by atoms with Gasteiger partial charge >= 0.3 is 5.97 Å². The molecule has 0 aromatic rings. The fourth-order valence-electron chi connectivity index (χ4n) is 2.51. The van der Waals surface area contributed by atoms with Gasteiger partial charge in [-0.25, -0.2) is 0 Å². The molecule has 1 saturated heterocycles. The van der Waals surface area contributed by atoms with Crippen molar-refractivity contribution in [2.45, 2.75) is 39.7 Å². The molecule has 1 heterocycles. The second kappa shape index (κ2) is 7.04. The van der Waals surface area contributed by atoms with Crippen LogP contribution in [0.25, 0.3) is 0 Å². The minimum absolute atomic E-state index is 0.0149. The first-order valence-corrected chi connectivity index (χ1v) is 7.05. The van der Waals surface area contributed by atoms with Crippen LogP contribution in [0.2, 0.25) is 0 Å². The van der Waals surface area contributed by atoms with Gasteiger partial charge in [0.05, 0.1) is 25.0 Å². The van der Waals surface area contributed by atoms with Gasteiger partial charge in [-0.15, -0.1) is 0 Å². The average molecular weight is 286 g/mol. The van der Waals surface area contributed by atoms with E-state index in [0.717, 1.165) is 6.42 Å². The van der Waals surface area contributed by atoms with E-state index >= 15 is 0 Å². The van der Waals surface area contributed by atoms with Gasteiger partial charge in [0.15, 0.2) is 0 Å². The highest BCUT2D eigenvalue weighted by Crippen LogP contribution is 2.25. The molecule has 0 saturated carbocycles. The van der Waals surface area contributed by atoms with Crippen LogP contribution in [0.1, 0.15) is 33.6 Å². The maximum Gasteiger partial charge on any atom is 0.306 e. The maximum absolute atomic E-state index is 12.5. The summed E-state index contributed by atoms with van der Waals surface area (Å²) in [6.45, 7) is 7.79. The van der Waals surface area contributed by atoms with Gasteiger partial charge in [-0.1, -0.05) is 20.8 Å². The third kappa shape index (κ3) is 5.46. The number of rotatable bonds is 5. The van der Waals surface area contributed by atoms with Crippen LogP contribution in [-0.4, -0.2) is 54.2 Å². The van der Waals surface area contributed by atoms with Crippen molar-refractivity contribution >= 4 is 11.9 Å². The molecule has 0 radical (unpaired) electrons. The third-order valence-electron chi connectivity index (χ3n) is 3.35. The second-order valence-corrected chi connectivity index (χ2v) is 6.57. The number of hydrogen-bond acceptors (Lipinski definition) is 4. The maximum atomic E-state index is 12.5. The van der Waals surface area contributed by atoms with E-state index in [4.69, 9.17) is 15.6 Å². The minimum atomic E-state index is -0.908. The van der Waals surface area contributed by atoms with E-state index in [-0.39, 0.29) is 23.7 Å². The summed E-state index contributed by atoms with van der Waals surface area (Å²) >= 11 is 0. The number of aliphatic carboxylic acids is 1. The molecule has 3 N–H and O–H groups in total. The molecule has 1 rings (SSSR count). The Morgan fingerprint density at radius 2 is 2.10 bits per heavy atom. The summed E-state index contributed by atoms with van der Waals surface area (Å²) in [5.74, 6) is -1.10. The number of nitrogens with zero attached hydrogens (tertiary/aromatic N) is 1. The van der Waals surface area contributed by atoms with Crippen molar-refractivity contribution < 1.29 is 19.4 Å². The van der Waals surface area contributed by atoms with Gasteiger partial charge < -0.3 is 20.5 Å². The Kier molecular flexibility index (Phi) is 5.95. The Hall–Kier alpha value is -1.14. The number of nitrogens with two attached hydrogens (primary N) is 1. The van der Waals surface area contributed by atoms with E-state index in [1.807, 2.05) is 0 Å². The van der Waals surface area contributed by atoms with Crippen LogP contribution in [0.4, 0.5) is 0 Å². The predicted molar refractivity (Wildman–Crippen MR) is 75.2 cm³/mol. The number of carboxylic acids is 1. The van der Waals surface area contributed by atoms with E-state index in [1.54, 1.807) is 4.90 Å². The molecule has 20 heavy (non-hydrogen) atoms. The molecule has 0 bridgehead atoms. The first-order valence-electron chi connectivity index (χ1n) is 7.05. The van der Waals surface area contributed by atoms with Crippen molar-refractivity contribution in [3.63, 3.8) is 0 Å². The molecule has 1 aliphatic rings. The molecule has 116 valence electrons. The smallest absolute Gasteiger partial charge is 0.306 e. The van der Waals surface area contributed by atoms with Crippen LogP contribution >= 0.6 is 0 Å². The van der Waals surface area contributed by atoms with E-state index in [1.165, 1.54) is 0 Å². The number of amides is 1. The SMILES string of the molecule is CC(C)(C)CC(CN)C(=O)N1CCOC(CC(=O)O)C1. The van der Waals surface area contributed by atoms with Crippen LogP contribution in [0.5, 0.6) is 0 Å². The van der Waals surface area contributed by atoms with E-state index in [0.29, 0.717) is 26.2 Å².